The van der Waals surface area contributed by atoms with Gasteiger partial charge in [0.1, 0.15) is 0 Å². The Labute approximate surface area is 130 Å². The van der Waals surface area contributed by atoms with E-state index in [1.165, 1.54) is 37.7 Å². The highest BCUT2D eigenvalue weighted by Gasteiger charge is 2.21. The van der Waals surface area contributed by atoms with Crippen LogP contribution in [0.25, 0.3) is 0 Å². The summed E-state index contributed by atoms with van der Waals surface area (Å²) in [5.74, 6) is 1.82. The lowest BCUT2D eigenvalue weighted by molar-refractivity contribution is 0.313. The van der Waals surface area contributed by atoms with Gasteiger partial charge >= 0.3 is 0 Å². The maximum atomic E-state index is 4.51. The van der Waals surface area contributed by atoms with E-state index in [4.69, 9.17) is 0 Å². The van der Waals surface area contributed by atoms with Crippen LogP contribution in [0.3, 0.4) is 0 Å². The molecule has 3 nitrogen and oxygen atoms in total. The van der Waals surface area contributed by atoms with Crippen molar-refractivity contribution in [3.8, 4) is 0 Å². The molecule has 0 saturated carbocycles. The zero-order chi connectivity index (χ0) is 15.3. The topological polar surface area (TPSA) is 29.0 Å². The van der Waals surface area contributed by atoms with E-state index in [-0.39, 0.29) is 0 Å². The summed E-state index contributed by atoms with van der Waals surface area (Å²) >= 11 is 0. The molecule has 3 heteroatoms. The molecule has 1 saturated heterocycles. The summed E-state index contributed by atoms with van der Waals surface area (Å²) < 4.78 is 0. The minimum Gasteiger partial charge on any atom is -0.341 e. The lowest BCUT2D eigenvalue weighted by atomic mass is 9.85. The van der Waals surface area contributed by atoms with E-state index < -0.39 is 0 Å². The highest BCUT2D eigenvalue weighted by molar-refractivity contribution is 5.30. The molecule has 21 heavy (non-hydrogen) atoms. The SMILES string of the molecule is CCc1cnc(N2CCC(CCCC(C)(C)C)CC2)nc1. The number of aryl methyl sites for hydroxylation is 1. The van der Waals surface area contributed by atoms with Gasteiger partial charge in [-0.15, -0.1) is 0 Å². The first-order valence-corrected chi connectivity index (χ1v) is 8.54. The third kappa shape index (κ3) is 5.29. The second-order valence-corrected chi connectivity index (χ2v) is 7.63. The number of nitrogens with zero attached hydrogens (tertiary/aromatic N) is 3. The van der Waals surface area contributed by atoms with Crippen LogP contribution in [-0.4, -0.2) is 23.1 Å². The van der Waals surface area contributed by atoms with E-state index in [2.05, 4.69) is 42.6 Å². The molecule has 2 rings (SSSR count). The second-order valence-electron chi connectivity index (χ2n) is 7.63. The van der Waals surface area contributed by atoms with Crippen molar-refractivity contribution in [1.82, 2.24) is 9.97 Å². The van der Waals surface area contributed by atoms with Gasteiger partial charge in [-0.05, 0) is 42.6 Å². The van der Waals surface area contributed by atoms with Crippen molar-refractivity contribution < 1.29 is 0 Å². The Morgan fingerprint density at radius 2 is 1.76 bits per heavy atom. The van der Waals surface area contributed by atoms with E-state index in [0.717, 1.165) is 31.4 Å². The molecule has 1 aromatic heterocycles. The van der Waals surface area contributed by atoms with Crippen molar-refractivity contribution in [2.45, 2.75) is 66.2 Å². The van der Waals surface area contributed by atoms with E-state index in [0.29, 0.717) is 5.41 Å². The molecule has 1 fully saturated rings. The minimum atomic E-state index is 0.482. The Morgan fingerprint density at radius 3 is 2.29 bits per heavy atom. The van der Waals surface area contributed by atoms with E-state index in [1.54, 1.807) is 0 Å². The Morgan fingerprint density at radius 1 is 1.14 bits per heavy atom. The summed E-state index contributed by atoms with van der Waals surface area (Å²) in [6, 6.07) is 0. The van der Waals surface area contributed by atoms with Crippen LogP contribution in [0, 0.1) is 11.3 Å². The fourth-order valence-electron chi connectivity index (χ4n) is 3.04. The summed E-state index contributed by atoms with van der Waals surface area (Å²) in [5.41, 5.74) is 1.70. The van der Waals surface area contributed by atoms with Crippen LogP contribution in [0.4, 0.5) is 5.95 Å². The van der Waals surface area contributed by atoms with Crippen molar-refractivity contribution in [3.05, 3.63) is 18.0 Å². The smallest absolute Gasteiger partial charge is 0.225 e. The van der Waals surface area contributed by atoms with E-state index in [1.807, 2.05) is 12.4 Å². The molecule has 0 bridgehead atoms. The predicted octanol–water partition coefficient (Wildman–Crippen LogP) is 4.47. The highest BCUT2D eigenvalue weighted by Crippen LogP contribution is 2.28. The lowest BCUT2D eigenvalue weighted by Gasteiger charge is -2.32. The van der Waals surface area contributed by atoms with Gasteiger partial charge in [-0.1, -0.05) is 40.5 Å². The van der Waals surface area contributed by atoms with E-state index >= 15 is 0 Å². The van der Waals surface area contributed by atoms with Crippen LogP contribution in [0.5, 0.6) is 0 Å². The largest absolute Gasteiger partial charge is 0.341 e. The van der Waals surface area contributed by atoms with Crippen LogP contribution in [0.1, 0.15) is 65.4 Å². The zero-order valence-electron chi connectivity index (χ0n) is 14.2. The maximum absolute atomic E-state index is 4.51. The number of piperidine rings is 1. The van der Waals surface area contributed by atoms with Gasteiger partial charge in [0.05, 0.1) is 0 Å². The number of rotatable bonds is 5. The van der Waals surface area contributed by atoms with Crippen molar-refractivity contribution in [2.75, 3.05) is 18.0 Å². The first kappa shape index (κ1) is 16.3. The summed E-state index contributed by atoms with van der Waals surface area (Å²) in [7, 11) is 0. The molecule has 0 unspecified atom stereocenters. The second kappa shape index (κ2) is 7.24. The van der Waals surface area contributed by atoms with Crippen molar-refractivity contribution in [1.29, 1.82) is 0 Å². The third-order valence-corrected chi connectivity index (χ3v) is 4.54. The molecule has 0 aliphatic carbocycles. The molecule has 0 radical (unpaired) electrons. The summed E-state index contributed by atoms with van der Waals surface area (Å²) in [6.45, 7) is 11.4. The number of anilines is 1. The number of hydrogen-bond acceptors (Lipinski definition) is 3. The van der Waals surface area contributed by atoms with Gasteiger partial charge < -0.3 is 4.90 Å². The average Bonchev–Trinajstić information content (AvgIpc) is 2.47. The molecule has 1 aromatic rings. The van der Waals surface area contributed by atoms with Crippen LogP contribution < -0.4 is 4.90 Å². The quantitative estimate of drug-likeness (QED) is 0.800. The minimum absolute atomic E-state index is 0.482. The first-order valence-electron chi connectivity index (χ1n) is 8.54. The van der Waals surface area contributed by atoms with Gasteiger partial charge in [0.25, 0.3) is 0 Å². The standard InChI is InChI=1S/C18H31N3/c1-5-15-13-19-17(20-14-15)21-11-8-16(9-12-21)7-6-10-18(2,3)4/h13-14,16H,5-12H2,1-4H3. The van der Waals surface area contributed by atoms with Gasteiger partial charge in [-0.3, -0.25) is 0 Å². The fraction of sp³-hybridized carbons (Fsp3) is 0.778. The molecule has 0 spiro atoms. The molecule has 0 atom stereocenters. The summed E-state index contributed by atoms with van der Waals surface area (Å²) in [5, 5.41) is 0. The zero-order valence-corrected chi connectivity index (χ0v) is 14.2. The molecule has 0 amide bonds. The number of aromatic nitrogens is 2. The van der Waals surface area contributed by atoms with Crippen molar-refractivity contribution in [2.24, 2.45) is 11.3 Å². The molecule has 1 aliphatic heterocycles. The fourth-order valence-corrected chi connectivity index (χ4v) is 3.04. The highest BCUT2D eigenvalue weighted by atomic mass is 15.2. The monoisotopic (exact) mass is 289 g/mol. The third-order valence-electron chi connectivity index (χ3n) is 4.54. The molecular weight excluding hydrogens is 258 g/mol. The van der Waals surface area contributed by atoms with Gasteiger partial charge in [0, 0.05) is 25.5 Å². The van der Waals surface area contributed by atoms with Gasteiger partial charge in [0.15, 0.2) is 0 Å². The van der Waals surface area contributed by atoms with Crippen LogP contribution in [-0.2, 0) is 6.42 Å². The van der Waals surface area contributed by atoms with Crippen molar-refractivity contribution >= 4 is 5.95 Å². The first-order chi connectivity index (χ1) is 9.98. The summed E-state index contributed by atoms with van der Waals surface area (Å²) in [6.07, 6.45) is 11.6. The Balaban J connectivity index is 1.74. The Kier molecular flexibility index (Phi) is 5.60. The molecule has 1 aliphatic rings. The normalized spacial score (nSPS) is 17.2. The molecular formula is C18H31N3. The lowest BCUT2D eigenvalue weighted by Crippen LogP contribution is -2.34. The van der Waals surface area contributed by atoms with Gasteiger partial charge in [-0.2, -0.15) is 0 Å². The van der Waals surface area contributed by atoms with Crippen LogP contribution in [0.2, 0.25) is 0 Å². The number of hydrogen-bond donors (Lipinski definition) is 0. The van der Waals surface area contributed by atoms with Crippen LogP contribution >= 0.6 is 0 Å². The van der Waals surface area contributed by atoms with Gasteiger partial charge in [-0.25, -0.2) is 9.97 Å². The average molecular weight is 289 g/mol. The van der Waals surface area contributed by atoms with Crippen LogP contribution in [0.15, 0.2) is 12.4 Å². The maximum Gasteiger partial charge on any atom is 0.225 e. The molecule has 0 aromatic carbocycles. The summed E-state index contributed by atoms with van der Waals surface area (Å²) in [4.78, 5) is 11.4. The molecule has 118 valence electrons. The Hall–Kier alpha value is -1.12. The molecule has 0 N–H and O–H groups in total. The van der Waals surface area contributed by atoms with Gasteiger partial charge in [0.2, 0.25) is 5.95 Å². The van der Waals surface area contributed by atoms with E-state index in [9.17, 15) is 0 Å². The molecule has 2 heterocycles. The predicted molar refractivity (Wildman–Crippen MR) is 89.7 cm³/mol. The van der Waals surface area contributed by atoms with Crippen molar-refractivity contribution in [3.63, 3.8) is 0 Å². The Bertz CT molecular complexity index is 411.